The molecule has 1 aliphatic heterocycles. The van der Waals surface area contributed by atoms with Gasteiger partial charge in [0.25, 0.3) is 5.19 Å². The molecule has 0 spiro atoms. The van der Waals surface area contributed by atoms with Crippen LogP contribution in [0.4, 0.5) is 0 Å². The van der Waals surface area contributed by atoms with Crippen LogP contribution in [0.3, 0.4) is 0 Å². The van der Waals surface area contributed by atoms with Crippen LogP contribution in [0.25, 0.3) is 0 Å². The molecule has 1 aliphatic rings. The summed E-state index contributed by atoms with van der Waals surface area (Å²) in [5, 5.41) is 17.2. The molecule has 1 saturated heterocycles. The average molecular weight is 188 g/mol. The van der Waals surface area contributed by atoms with Crippen LogP contribution in [0.5, 0.6) is 5.19 Å². The number of ether oxygens (including phenoxy) is 2. The van der Waals surface area contributed by atoms with E-state index >= 15 is 0 Å². The quantitative estimate of drug-likeness (QED) is 0.712. The van der Waals surface area contributed by atoms with Gasteiger partial charge in [0.15, 0.2) is 0 Å². The van der Waals surface area contributed by atoms with Crippen LogP contribution in [0.15, 0.2) is 0 Å². The van der Waals surface area contributed by atoms with E-state index in [0.717, 1.165) is 0 Å². The van der Waals surface area contributed by atoms with Crippen molar-refractivity contribution >= 4 is 11.3 Å². The van der Waals surface area contributed by atoms with Crippen LogP contribution < -0.4 is 4.74 Å². The van der Waals surface area contributed by atoms with Gasteiger partial charge in [-0.05, 0) is 0 Å². The van der Waals surface area contributed by atoms with E-state index in [2.05, 4.69) is 10.2 Å². The molecule has 2 heterocycles. The Bertz CT molecular complexity index is 261. The van der Waals surface area contributed by atoms with Gasteiger partial charge in [-0.3, -0.25) is 0 Å². The van der Waals surface area contributed by atoms with Crippen molar-refractivity contribution in [3.63, 3.8) is 0 Å². The fourth-order valence-electron chi connectivity index (χ4n) is 0.774. The van der Waals surface area contributed by atoms with Gasteiger partial charge in [0.2, 0.25) is 0 Å². The van der Waals surface area contributed by atoms with Gasteiger partial charge < -0.3 is 14.6 Å². The summed E-state index contributed by atoms with van der Waals surface area (Å²) in [5.74, 6) is 0. The zero-order valence-electron chi connectivity index (χ0n) is 6.27. The summed E-state index contributed by atoms with van der Waals surface area (Å²) < 4.78 is 10.3. The molecule has 0 saturated carbocycles. The van der Waals surface area contributed by atoms with Crippen molar-refractivity contribution in [2.24, 2.45) is 0 Å². The lowest BCUT2D eigenvalue weighted by Crippen LogP contribution is -2.38. The van der Waals surface area contributed by atoms with E-state index in [4.69, 9.17) is 14.6 Å². The predicted octanol–water partition coefficient (Wildman–Crippen LogP) is -0.192. The first-order chi connectivity index (χ1) is 5.88. The lowest BCUT2D eigenvalue weighted by molar-refractivity contribution is -0.0799. The van der Waals surface area contributed by atoms with Crippen molar-refractivity contribution in [3.05, 3.63) is 5.01 Å². The zero-order chi connectivity index (χ0) is 8.39. The van der Waals surface area contributed by atoms with Crippen LogP contribution in [-0.4, -0.2) is 34.6 Å². The average Bonchev–Trinajstić information content (AvgIpc) is 2.44. The zero-order valence-corrected chi connectivity index (χ0v) is 7.08. The molecule has 0 aliphatic carbocycles. The van der Waals surface area contributed by atoms with E-state index in [-0.39, 0.29) is 12.7 Å². The van der Waals surface area contributed by atoms with Gasteiger partial charge in [-0.15, -0.1) is 5.10 Å². The molecule has 5 nitrogen and oxygen atoms in total. The molecular weight excluding hydrogens is 180 g/mol. The summed E-state index contributed by atoms with van der Waals surface area (Å²) in [6, 6.07) is 0. The predicted molar refractivity (Wildman–Crippen MR) is 41.1 cm³/mol. The molecule has 1 aromatic heterocycles. The first kappa shape index (κ1) is 7.90. The molecule has 1 fully saturated rings. The van der Waals surface area contributed by atoms with E-state index < -0.39 is 0 Å². The Morgan fingerprint density at radius 3 is 2.92 bits per heavy atom. The fraction of sp³-hybridized carbons (Fsp3) is 0.667. The minimum absolute atomic E-state index is 0.0812. The van der Waals surface area contributed by atoms with Gasteiger partial charge in [0.05, 0.1) is 19.8 Å². The van der Waals surface area contributed by atoms with Crippen molar-refractivity contribution in [1.29, 1.82) is 0 Å². The second-order valence-electron chi connectivity index (χ2n) is 2.40. The molecule has 0 bridgehead atoms. The smallest absolute Gasteiger partial charge is 0.294 e. The van der Waals surface area contributed by atoms with Gasteiger partial charge in [0, 0.05) is 0 Å². The highest BCUT2D eigenvalue weighted by molar-refractivity contribution is 7.13. The van der Waals surface area contributed by atoms with Crippen molar-refractivity contribution < 1.29 is 14.6 Å². The Labute approximate surface area is 73.0 Å². The minimum Gasteiger partial charge on any atom is -0.461 e. The molecule has 0 aromatic carbocycles. The largest absolute Gasteiger partial charge is 0.461 e. The number of aromatic nitrogens is 2. The topological polar surface area (TPSA) is 64.5 Å². The van der Waals surface area contributed by atoms with Crippen LogP contribution >= 0.6 is 11.3 Å². The monoisotopic (exact) mass is 188 g/mol. The number of aliphatic hydroxyl groups excluding tert-OH is 1. The number of aliphatic hydroxyl groups is 1. The first-order valence-electron chi connectivity index (χ1n) is 3.56. The van der Waals surface area contributed by atoms with Crippen molar-refractivity contribution in [1.82, 2.24) is 10.2 Å². The summed E-state index contributed by atoms with van der Waals surface area (Å²) in [7, 11) is 0. The third-order valence-corrected chi connectivity index (χ3v) is 2.26. The van der Waals surface area contributed by atoms with E-state index in [9.17, 15) is 0 Å². The Kier molecular flexibility index (Phi) is 2.20. The van der Waals surface area contributed by atoms with E-state index in [1.807, 2.05) is 0 Å². The van der Waals surface area contributed by atoms with E-state index in [1.54, 1.807) is 0 Å². The molecular formula is C6H8N2O3S. The molecule has 2 rings (SSSR count). The van der Waals surface area contributed by atoms with Gasteiger partial charge in [-0.2, -0.15) is 0 Å². The minimum atomic E-state index is -0.0812. The highest BCUT2D eigenvalue weighted by Crippen LogP contribution is 2.20. The summed E-state index contributed by atoms with van der Waals surface area (Å²) in [5.41, 5.74) is 0. The third kappa shape index (κ3) is 1.55. The van der Waals surface area contributed by atoms with Crippen molar-refractivity contribution in [2.75, 3.05) is 13.2 Å². The normalized spacial score (nSPS) is 17.4. The Morgan fingerprint density at radius 1 is 1.58 bits per heavy atom. The molecule has 0 unspecified atom stereocenters. The second kappa shape index (κ2) is 3.34. The maximum Gasteiger partial charge on any atom is 0.294 e. The number of nitrogens with zero attached hydrogens (tertiary/aromatic N) is 2. The molecule has 6 heteroatoms. The Balaban J connectivity index is 1.93. The highest BCUT2D eigenvalue weighted by atomic mass is 32.1. The number of hydrogen-bond acceptors (Lipinski definition) is 6. The van der Waals surface area contributed by atoms with Gasteiger partial charge in [-0.1, -0.05) is 16.4 Å². The van der Waals surface area contributed by atoms with Crippen LogP contribution in [-0.2, 0) is 11.3 Å². The summed E-state index contributed by atoms with van der Waals surface area (Å²) in [6.45, 7) is 1.16. The van der Waals surface area contributed by atoms with Crippen LogP contribution in [0, 0.1) is 0 Å². The third-order valence-electron chi connectivity index (χ3n) is 1.46. The van der Waals surface area contributed by atoms with Gasteiger partial charge >= 0.3 is 0 Å². The van der Waals surface area contributed by atoms with Crippen molar-refractivity contribution in [3.8, 4) is 5.19 Å². The van der Waals surface area contributed by atoms with E-state index in [1.165, 1.54) is 11.3 Å². The second-order valence-corrected chi connectivity index (χ2v) is 3.42. The molecule has 1 N–H and O–H groups in total. The van der Waals surface area contributed by atoms with Crippen LogP contribution in [0.2, 0.25) is 0 Å². The fourth-order valence-corrected chi connectivity index (χ4v) is 1.39. The lowest BCUT2D eigenvalue weighted by atomic mass is 10.3. The summed E-state index contributed by atoms with van der Waals surface area (Å²) in [6.07, 6.45) is 0.115. The highest BCUT2D eigenvalue weighted by Gasteiger charge is 2.21. The molecule has 12 heavy (non-hydrogen) atoms. The SMILES string of the molecule is OCc1nnc(OC2COC2)s1. The molecule has 0 amide bonds. The Hall–Kier alpha value is -0.720. The summed E-state index contributed by atoms with van der Waals surface area (Å²) in [4.78, 5) is 0. The Morgan fingerprint density at radius 2 is 2.42 bits per heavy atom. The van der Waals surface area contributed by atoms with Gasteiger partial charge in [-0.25, -0.2) is 0 Å². The summed E-state index contributed by atoms with van der Waals surface area (Å²) >= 11 is 1.26. The van der Waals surface area contributed by atoms with Gasteiger partial charge in [0.1, 0.15) is 11.1 Å². The van der Waals surface area contributed by atoms with Crippen molar-refractivity contribution in [2.45, 2.75) is 12.7 Å². The maximum absolute atomic E-state index is 8.68. The number of hydrogen-bond donors (Lipinski definition) is 1. The molecule has 0 radical (unpaired) electrons. The first-order valence-corrected chi connectivity index (χ1v) is 4.38. The molecule has 66 valence electrons. The van der Waals surface area contributed by atoms with E-state index in [0.29, 0.717) is 23.4 Å². The number of rotatable bonds is 3. The maximum atomic E-state index is 8.68. The lowest BCUT2D eigenvalue weighted by Gasteiger charge is -2.24. The molecule has 1 aromatic rings. The van der Waals surface area contributed by atoms with Crippen LogP contribution in [0.1, 0.15) is 5.01 Å². The molecule has 0 atom stereocenters. The standard InChI is InChI=1S/C6H8N2O3S/c9-1-5-7-8-6(12-5)11-4-2-10-3-4/h4,9H,1-3H2.